The number of hydrogen-bond donors (Lipinski definition) is 2. The lowest BCUT2D eigenvalue weighted by Gasteiger charge is -2.37. The number of aryl methyl sites for hydroxylation is 1. The van der Waals surface area contributed by atoms with E-state index in [9.17, 15) is 9.90 Å². The van der Waals surface area contributed by atoms with E-state index in [1.165, 1.54) is 11.3 Å². The van der Waals surface area contributed by atoms with Gasteiger partial charge in [-0.2, -0.15) is 0 Å². The number of pyridine rings is 1. The number of aromatic nitrogens is 2. The average molecular weight is 318 g/mol. The number of nitrogens with two attached hydrogens (primary N) is 1. The summed E-state index contributed by atoms with van der Waals surface area (Å²) in [6.45, 7) is 3.30. The van der Waals surface area contributed by atoms with Crippen LogP contribution in [0.5, 0.6) is 0 Å². The van der Waals surface area contributed by atoms with Crippen molar-refractivity contribution in [3.63, 3.8) is 0 Å². The minimum Gasteiger partial charge on any atom is -0.383 e. The third-order valence-electron chi connectivity index (χ3n) is 3.99. The van der Waals surface area contributed by atoms with E-state index in [1.54, 1.807) is 11.6 Å². The number of rotatable bonds is 3. The van der Waals surface area contributed by atoms with E-state index >= 15 is 0 Å². The van der Waals surface area contributed by atoms with Crippen LogP contribution in [0.2, 0.25) is 0 Å². The first-order valence-corrected chi connectivity index (χ1v) is 8.02. The fourth-order valence-corrected chi connectivity index (χ4v) is 3.46. The van der Waals surface area contributed by atoms with E-state index in [1.807, 2.05) is 19.1 Å². The van der Waals surface area contributed by atoms with Crippen molar-refractivity contribution in [3.8, 4) is 0 Å². The first kappa shape index (κ1) is 14.9. The van der Waals surface area contributed by atoms with Gasteiger partial charge in [-0.05, 0) is 31.4 Å². The number of anilines is 1. The van der Waals surface area contributed by atoms with Crippen molar-refractivity contribution in [2.45, 2.75) is 25.4 Å². The molecule has 0 aliphatic carbocycles. The van der Waals surface area contributed by atoms with E-state index in [0.717, 1.165) is 16.4 Å². The second kappa shape index (κ2) is 5.66. The Kier molecular flexibility index (Phi) is 3.84. The second-order valence-corrected chi connectivity index (χ2v) is 6.46. The predicted octanol–water partition coefficient (Wildman–Crippen LogP) is 1.43. The minimum absolute atomic E-state index is 0.293. The summed E-state index contributed by atoms with van der Waals surface area (Å²) in [5, 5.41) is 13.2. The van der Waals surface area contributed by atoms with Crippen LogP contribution in [0, 0.1) is 6.92 Å². The molecular formula is C15H18N4O2S. The Labute approximate surface area is 132 Å². The molecule has 7 heteroatoms. The number of hydrogen-bond acceptors (Lipinski definition) is 6. The Morgan fingerprint density at radius 2 is 2.14 bits per heavy atom. The molecule has 0 saturated carbocycles. The molecule has 2 aromatic rings. The van der Waals surface area contributed by atoms with Gasteiger partial charge in [0.15, 0.2) is 5.13 Å². The zero-order chi connectivity index (χ0) is 15.7. The number of thiazole rings is 1. The van der Waals surface area contributed by atoms with Gasteiger partial charge in [0.25, 0.3) is 5.91 Å². The lowest BCUT2D eigenvalue weighted by molar-refractivity contribution is 0.00758. The molecule has 3 heterocycles. The fourth-order valence-electron chi connectivity index (χ4n) is 2.59. The third kappa shape index (κ3) is 2.82. The molecule has 116 valence electrons. The summed E-state index contributed by atoms with van der Waals surface area (Å²) < 4.78 is 0. The zero-order valence-corrected chi connectivity index (χ0v) is 13.1. The summed E-state index contributed by atoms with van der Waals surface area (Å²) >= 11 is 1.40. The average Bonchev–Trinajstić information content (AvgIpc) is 2.98. The molecule has 6 nitrogen and oxygen atoms in total. The molecule has 1 saturated heterocycles. The van der Waals surface area contributed by atoms with Crippen molar-refractivity contribution in [2.75, 3.05) is 18.0 Å². The van der Waals surface area contributed by atoms with Crippen LogP contribution < -0.4 is 10.6 Å². The number of piperidine rings is 1. The molecule has 22 heavy (non-hydrogen) atoms. The Bertz CT molecular complexity index is 675. The Balaban J connectivity index is 1.71. The first-order valence-electron chi connectivity index (χ1n) is 7.14. The number of aliphatic hydroxyl groups is 1. The van der Waals surface area contributed by atoms with Crippen molar-refractivity contribution in [1.82, 2.24) is 9.97 Å². The summed E-state index contributed by atoms with van der Waals surface area (Å²) in [6, 6.07) is 3.85. The first-order chi connectivity index (χ1) is 10.5. The van der Waals surface area contributed by atoms with Gasteiger partial charge < -0.3 is 15.7 Å². The standard InChI is InChI=1S/C15H18N4O2S/c1-10-2-3-12(17-8-10)15(21)4-6-19(7-5-15)14-18-11(9-22-14)13(16)20/h2-3,8-9,21H,4-7H2,1H3,(H2,16,20). The lowest BCUT2D eigenvalue weighted by Crippen LogP contribution is -2.43. The molecular weight excluding hydrogens is 300 g/mol. The summed E-state index contributed by atoms with van der Waals surface area (Å²) in [7, 11) is 0. The van der Waals surface area contributed by atoms with Gasteiger partial charge in [-0.25, -0.2) is 4.98 Å². The summed E-state index contributed by atoms with van der Waals surface area (Å²) in [5.41, 5.74) is 6.42. The number of primary amides is 1. The van der Waals surface area contributed by atoms with Crippen LogP contribution in [0.25, 0.3) is 0 Å². The molecule has 1 aliphatic rings. The molecule has 3 N–H and O–H groups in total. The van der Waals surface area contributed by atoms with Crippen molar-refractivity contribution >= 4 is 22.4 Å². The molecule has 1 aliphatic heterocycles. The van der Waals surface area contributed by atoms with Crippen LogP contribution in [0.4, 0.5) is 5.13 Å². The summed E-state index contributed by atoms with van der Waals surface area (Å²) in [5.74, 6) is -0.514. The van der Waals surface area contributed by atoms with Crippen molar-refractivity contribution < 1.29 is 9.90 Å². The molecule has 2 aromatic heterocycles. The van der Waals surface area contributed by atoms with Crippen LogP contribution in [-0.4, -0.2) is 34.1 Å². The molecule has 1 amide bonds. The number of carbonyl (C=O) groups excluding carboxylic acids is 1. The minimum atomic E-state index is -0.895. The number of carbonyl (C=O) groups is 1. The highest BCUT2D eigenvalue weighted by Gasteiger charge is 2.35. The van der Waals surface area contributed by atoms with Crippen LogP contribution in [0.15, 0.2) is 23.7 Å². The van der Waals surface area contributed by atoms with Gasteiger partial charge in [0.2, 0.25) is 0 Å². The van der Waals surface area contributed by atoms with Gasteiger partial charge in [0.1, 0.15) is 11.3 Å². The maximum Gasteiger partial charge on any atom is 0.268 e. The number of nitrogens with zero attached hydrogens (tertiary/aromatic N) is 3. The van der Waals surface area contributed by atoms with Gasteiger partial charge in [-0.3, -0.25) is 9.78 Å². The third-order valence-corrected chi connectivity index (χ3v) is 4.90. The Morgan fingerprint density at radius 3 is 2.68 bits per heavy atom. The fraction of sp³-hybridized carbons (Fsp3) is 0.400. The van der Waals surface area contributed by atoms with E-state index in [-0.39, 0.29) is 0 Å². The summed E-state index contributed by atoms with van der Waals surface area (Å²) in [6.07, 6.45) is 2.93. The van der Waals surface area contributed by atoms with Crippen molar-refractivity contribution in [2.24, 2.45) is 5.73 Å². The normalized spacial score (nSPS) is 17.5. The van der Waals surface area contributed by atoms with Crippen LogP contribution in [-0.2, 0) is 5.60 Å². The van der Waals surface area contributed by atoms with Gasteiger partial charge >= 0.3 is 0 Å². The van der Waals surface area contributed by atoms with E-state index in [0.29, 0.717) is 31.6 Å². The SMILES string of the molecule is Cc1ccc(C2(O)CCN(c3nc(C(N)=O)cs3)CC2)nc1. The topological polar surface area (TPSA) is 92.3 Å². The highest BCUT2D eigenvalue weighted by molar-refractivity contribution is 7.13. The van der Waals surface area contributed by atoms with E-state index in [2.05, 4.69) is 14.9 Å². The van der Waals surface area contributed by atoms with E-state index < -0.39 is 11.5 Å². The zero-order valence-electron chi connectivity index (χ0n) is 12.3. The maximum absolute atomic E-state index is 11.1. The van der Waals surface area contributed by atoms with Crippen molar-refractivity contribution in [1.29, 1.82) is 0 Å². The quantitative estimate of drug-likeness (QED) is 0.893. The Morgan fingerprint density at radius 1 is 1.41 bits per heavy atom. The Hall–Kier alpha value is -1.99. The highest BCUT2D eigenvalue weighted by Crippen LogP contribution is 2.34. The molecule has 3 rings (SSSR count). The molecule has 0 unspecified atom stereocenters. The highest BCUT2D eigenvalue weighted by atomic mass is 32.1. The molecule has 1 fully saturated rings. The number of amides is 1. The van der Waals surface area contributed by atoms with Gasteiger partial charge in [-0.1, -0.05) is 6.07 Å². The van der Waals surface area contributed by atoms with Gasteiger partial charge in [-0.15, -0.1) is 11.3 Å². The molecule has 0 spiro atoms. The van der Waals surface area contributed by atoms with Crippen molar-refractivity contribution in [3.05, 3.63) is 40.7 Å². The van der Waals surface area contributed by atoms with Crippen LogP contribution >= 0.6 is 11.3 Å². The predicted molar refractivity (Wildman–Crippen MR) is 84.9 cm³/mol. The lowest BCUT2D eigenvalue weighted by atomic mass is 9.88. The monoisotopic (exact) mass is 318 g/mol. The molecule has 0 atom stereocenters. The molecule has 0 radical (unpaired) electrons. The smallest absolute Gasteiger partial charge is 0.268 e. The van der Waals surface area contributed by atoms with Crippen LogP contribution in [0.3, 0.4) is 0 Å². The van der Waals surface area contributed by atoms with Gasteiger partial charge in [0.05, 0.1) is 5.69 Å². The van der Waals surface area contributed by atoms with Crippen LogP contribution in [0.1, 0.15) is 34.6 Å². The molecule has 0 aromatic carbocycles. The van der Waals surface area contributed by atoms with E-state index in [4.69, 9.17) is 5.73 Å². The second-order valence-electron chi connectivity index (χ2n) is 5.62. The van der Waals surface area contributed by atoms with Gasteiger partial charge in [0, 0.05) is 24.7 Å². The molecule has 0 bridgehead atoms. The largest absolute Gasteiger partial charge is 0.383 e. The maximum atomic E-state index is 11.1. The summed E-state index contributed by atoms with van der Waals surface area (Å²) in [4.78, 5) is 21.8.